The fourth-order valence-corrected chi connectivity index (χ4v) is 3.11. The first-order chi connectivity index (χ1) is 10.0. The monoisotopic (exact) mass is 306 g/mol. The van der Waals surface area contributed by atoms with Crippen LogP contribution in [0.1, 0.15) is 15.9 Å². The van der Waals surface area contributed by atoms with Gasteiger partial charge in [-0.1, -0.05) is 6.07 Å². The number of thioether (sulfide) groups is 1. The van der Waals surface area contributed by atoms with Gasteiger partial charge in [0.25, 0.3) is 0 Å². The molecule has 0 bridgehead atoms. The minimum atomic E-state index is -0.966. The standard InChI is InChI=1S/C16H9F3OS/c17-11-2-4-15-12(7-11)16(20)10(8-21-15)5-9-1-3-13(18)14(19)6-9/h1-7H,8H2/b10-5+. The van der Waals surface area contributed by atoms with E-state index >= 15 is 0 Å². The Morgan fingerprint density at radius 1 is 1.00 bits per heavy atom. The predicted molar refractivity (Wildman–Crippen MR) is 75.8 cm³/mol. The molecule has 0 fully saturated rings. The third-order valence-corrected chi connectivity index (χ3v) is 4.27. The van der Waals surface area contributed by atoms with Crippen molar-refractivity contribution in [3.63, 3.8) is 0 Å². The topological polar surface area (TPSA) is 17.1 Å². The highest BCUT2D eigenvalue weighted by atomic mass is 32.2. The molecule has 0 saturated heterocycles. The number of benzene rings is 2. The maximum absolute atomic E-state index is 13.2. The van der Waals surface area contributed by atoms with E-state index in [1.54, 1.807) is 6.07 Å². The molecular formula is C16H9F3OS. The van der Waals surface area contributed by atoms with Gasteiger partial charge in [0, 0.05) is 21.8 Å². The van der Waals surface area contributed by atoms with E-state index in [2.05, 4.69) is 0 Å². The molecule has 1 aliphatic heterocycles. The zero-order chi connectivity index (χ0) is 15.0. The van der Waals surface area contributed by atoms with Crippen LogP contribution >= 0.6 is 11.8 Å². The van der Waals surface area contributed by atoms with Crippen LogP contribution in [-0.2, 0) is 0 Å². The van der Waals surface area contributed by atoms with E-state index in [1.165, 1.54) is 36.0 Å². The van der Waals surface area contributed by atoms with Crippen molar-refractivity contribution < 1.29 is 18.0 Å². The lowest BCUT2D eigenvalue weighted by Crippen LogP contribution is -2.12. The molecule has 0 radical (unpaired) electrons. The number of carbonyl (C=O) groups excluding carboxylic acids is 1. The maximum atomic E-state index is 13.2. The first-order valence-electron chi connectivity index (χ1n) is 6.17. The van der Waals surface area contributed by atoms with E-state index in [1.807, 2.05) is 0 Å². The fourth-order valence-electron chi connectivity index (χ4n) is 2.11. The fraction of sp³-hybridized carbons (Fsp3) is 0.0625. The van der Waals surface area contributed by atoms with Crippen molar-refractivity contribution in [1.82, 2.24) is 0 Å². The summed E-state index contributed by atoms with van der Waals surface area (Å²) in [5.74, 6) is -2.25. The normalized spacial score (nSPS) is 16.1. The second-order valence-electron chi connectivity index (χ2n) is 4.60. The Balaban J connectivity index is 1.99. The molecule has 0 aliphatic carbocycles. The lowest BCUT2D eigenvalue weighted by atomic mass is 10.0. The zero-order valence-electron chi connectivity index (χ0n) is 10.7. The van der Waals surface area contributed by atoms with Crippen molar-refractivity contribution in [2.45, 2.75) is 4.90 Å². The number of carbonyl (C=O) groups is 1. The van der Waals surface area contributed by atoms with Gasteiger partial charge in [-0.3, -0.25) is 4.79 Å². The van der Waals surface area contributed by atoms with Crippen LogP contribution in [-0.4, -0.2) is 11.5 Å². The lowest BCUT2D eigenvalue weighted by Gasteiger charge is -2.16. The summed E-state index contributed by atoms with van der Waals surface area (Å²) in [6.45, 7) is 0. The summed E-state index contributed by atoms with van der Waals surface area (Å²) in [4.78, 5) is 13.0. The highest BCUT2D eigenvalue weighted by Crippen LogP contribution is 2.33. The van der Waals surface area contributed by atoms with Gasteiger partial charge < -0.3 is 0 Å². The van der Waals surface area contributed by atoms with E-state index in [4.69, 9.17) is 0 Å². The number of Topliss-reactive ketones (excluding diaryl/α,β-unsaturated/α-hetero) is 1. The first kappa shape index (κ1) is 13.9. The average Bonchev–Trinajstić information content (AvgIpc) is 2.46. The maximum Gasteiger partial charge on any atom is 0.191 e. The summed E-state index contributed by atoms with van der Waals surface area (Å²) in [6, 6.07) is 7.51. The van der Waals surface area contributed by atoms with Gasteiger partial charge in [0.2, 0.25) is 0 Å². The molecule has 0 spiro atoms. The van der Waals surface area contributed by atoms with Crippen molar-refractivity contribution in [3.05, 3.63) is 70.5 Å². The van der Waals surface area contributed by atoms with Gasteiger partial charge in [-0.15, -0.1) is 11.8 Å². The molecule has 0 amide bonds. The molecule has 1 aliphatic rings. The van der Waals surface area contributed by atoms with Gasteiger partial charge in [-0.05, 0) is 42.0 Å². The molecule has 106 valence electrons. The minimum absolute atomic E-state index is 0.284. The minimum Gasteiger partial charge on any atom is -0.289 e. The van der Waals surface area contributed by atoms with E-state index in [0.717, 1.165) is 17.0 Å². The summed E-state index contributed by atoms with van der Waals surface area (Å²) in [6.07, 6.45) is 1.51. The second-order valence-corrected chi connectivity index (χ2v) is 5.62. The Morgan fingerprint density at radius 2 is 1.81 bits per heavy atom. The first-order valence-corrected chi connectivity index (χ1v) is 7.16. The average molecular weight is 306 g/mol. The Morgan fingerprint density at radius 3 is 2.57 bits per heavy atom. The predicted octanol–water partition coefficient (Wildman–Crippen LogP) is 4.48. The Bertz CT molecular complexity index is 768. The number of hydrogen-bond donors (Lipinski definition) is 0. The molecule has 0 atom stereocenters. The van der Waals surface area contributed by atoms with Crippen molar-refractivity contribution in [1.29, 1.82) is 0 Å². The summed E-state index contributed by atoms with van der Waals surface area (Å²) in [5.41, 5.74) is 1.14. The van der Waals surface area contributed by atoms with Gasteiger partial charge in [-0.25, -0.2) is 13.2 Å². The quantitative estimate of drug-likeness (QED) is 0.723. The molecule has 1 nitrogen and oxygen atoms in total. The summed E-state index contributed by atoms with van der Waals surface area (Å²) in [5, 5.41) is 0. The Hall–Kier alpha value is -2.01. The van der Waals surface area contributed by atoms with E-state index in [0.29, 0.717) is 22.5 Å². The summed E-state index contributed by atoms with van der Waals surface area (Å²) in [7, 11) is 0. The van der Waals surface area contributed by atoms with Gasteiger partial charge in [-0.2, -0.15) is 0 Å². The van der Waals surface area contributed by atoms with Crippen molar-refractivity contribution in [3.8, 4) is 0 Å². The molecule has 0 unspecified atom stereocenters. The van der Waals surface area contributed by atoms with E-state index in [9.17, 15) is 18.0 Å². The molecule has 2 aromatic rings. The number of ketones is 1. The smallest absolute Gasteiger partial charge is 0.191 e. The SMILES string of the molecule is O=C1/C(=C/c2ccc(F)c(F)c2)CSc2ccc(F)cc21. The number of halogens is 3. The van der Waals surface area contributed by atoms with E-state index < -0.39 is 17.5 Å². The van der Waals surface area contributed by atoms with Gasteiger partial charge in [0.15, 0.2) is 17.4 Å². The third kappa shape index (κ3) is 2.74. The third-order valence-electron chi connectivity index (χ3n) is 3.15. The van der Waals surface area contributed by atoms with Crippen LogP contribution in [0.25, 0.3) is 6.08 Å². The van der Waals surface area contributed by atoms with Crippen molar-refractivity contribution >= 4 is 23.6 Å². The van der Waals surface area contributed by atoms with Crippen LogP contribution in [0.3, 0.4) is 0 Å². The van der Waals surface area contributed by atoms with Crippen LogP contribution in [0.2, 0.25) is 0 Å². The molecule has 3 rings (SSSR count). The molecule has 0 saturated carbocycles. The van der Waals surface area contributed by atoms with Crippen LogP contribution in [0.15, 0.2) is 46.9 Å². The van der Waals surface area contributed by atoms with Crippen LogP contribution in [0.5, 0.6) is 0 Å². The lowest BCUT2D eigenvalue weighted by molar-refractivity contribution is 0.103. The Kier molecular flexibility index (Phi) is 3.59. The van der Waals surface area contributed by atoms with Crippen LogP contribution in [0.4, 0.5) is 13.2 Å². The Labute approximate surface area is 123 Å². The molecule has 1 heterocycles. The van der Waals surface area contributed by atoms with Crippen LogP contribution < -0.4 is 0 Å². The van der Waals surface area contributed by atoms with Gasteiger partial charge >= 0.3 is 0 Å². The van der Waals surface area contributed by atoms with Gasteiger partial charge in [0.05, 0.1) is 0 Å². The number of hydrogen-bond acceptors (Lipinski definition) is 2. The van der Waals surface area contributed by atoms with Crippen LogP contribution in [0, 0.1) is 17.5 Å². The second kappa shape index (κ2) is 5.41. The highest BCUT2D eigenvalue weighted by Gasteiger charge is 2.23. The molecule has 21 heavy (non-hydrogen) atoms. The summed E-state index contributed by atoms with van der Waals surface area (Å²) < 4.78 is 39.3. The highest BCUT2D eigenvalue weighted by molar-refractivity contribution is 7.99. The molecule has 5 heteroatoms. The number of fused-ring (bicyclic) bond motifs is 1. The molecule has 2 aromatic carbocycles. The van der Waals surface area contributed by atoms with E-state index in [-0.39, 0.29) is 5.78 Å². The largest absolute Gasteiger partial charge is 0.289 e. The summed E-state index contributed by atoms with van der Waals surface area (Å²) >= 11 is 1.41. The van der Waals surface area contributed by atoms with Crippen molar-refractivity contribution in [2.75, 3.05) is 5.75 Å². The number of rotatable bonds is 1. The van der Waals surface area contributed by atoms with Crippen molar-refractivity contribution in [2.24, 2.45) is 0 Å². The molecule has 0 N–H and O–H groups in total. The molecular weight excluding hydrogens is 297 g/mol. The van der Waals surface area contributed by atoms with Gasteiger partial charge in [0.1, 0.15) is 5.82 Å². The zero-order valence-corrected chi connectivity index (χ0v) is 11.5. The molecule has 0 aromatic heterocycles.